The van der Waals surface area contributed by atoms with Crippen LogP contribution in [-0.4, -0.2) is 18.7 Å². The molecule has 120 valence electrons. The minimum atomic E-state index is -0.354. The topological polar surface area (TPSA) is 59.6 Å². The fourth-order valence-corrected chi connectivity index (χ4v) is 2.38. The molecule has 0 saturated heterocycles. The highest BCUT2D eigenvalue weighted by atomic mass is 16.7. The van der Waals surface area contributed by atoms with Gasteiger partial charge in [-0.05, 0) is 43.2 Å². The molecule has 0 radical (unpaired) electrons. The van der Waals surface area contributed by atoms with E-state index in [2.05, 4.69) is 29.7 Å². The molecule has 2 aromatic carbocycles. The highest BCUT2D eigenvalue weighted by Gasteiger charge is 2.16. The smallest absolute Gasteiger partial charge is 0.246 e. The normalized spacial score (nSPS) is 13.5. The number of amides is 1. The van der Waals surface area contributed by atoms with Crippen LogP contribution in [0, 0.1) is 0 Å². The van der Waals surface area contributed by atoms with E-state index in [1.165, 1.54) is 5.56 Å². The Morgan fingerprint density at radius 1 is 1.09 bits per heavy atom. The first-order valence-electron chi connectivity index (χ1n) is 7.71. The minimum absolute atomic E-state index is 0.108. The third kappa shape index (κ3) is 3.56. The van der Waals surface area contributed by atoms with Gasteiger partial charge in [0.05, 0.1) is 0 Å². The molecule has 2 aromatic rings. The van der Waals surface area contributed by atoms with Gasteiger partial charge in [-0.25, -0.2) is 0 Å². The van der Waals surface area contributed by atoms with Crippen LogP contribution in [0.1, 0.15) is 19.4 Å². The van der Waals surface area contributed by atoms with Gasteiger partial charge in [0.2, 0.25) is 12.7 Å². The molecule has 5 nitrogen and oxygen atoms in total. The van der Waals surface area contributed by atoms with Crippen molar-refractivity contribution in [2.75, 3.05) is 17.4 Å². The highest BCUT2D eigenvalue weighted by Crippen LogP contribution is 2.34. The van der Waals surface area contributed by atoms with Crippen LogP contribution in [-0.2, 0) is 11.2 Å². The summed E-state index contributed by atoms with van der Waals surface area (Å²) in [6.07, 6.45) is 1.00. The average Bonchev–Trinajstić information content (AvgIpc) is 3.03. The van der Waals surface area contributed by atoms with Crippen LogP contribution in [0.5, 0.6) is 11.5 Å². The first-order chi connectivity index (χ1) is 11.2. The number of hydrogen-bond acceptors (Lipinski definition) is 4. The number of hydrogen-bond donors (Lipinski definition) is 2. The quantitative estimate of drug-likeness (QED) is 0.888. The van der Waals surface area contributed by atoms with E-state index in [9.17, 15) is 4.79 Å². The predicted molar refractivity (Wildman–Crippen MR) is 90.1 cm³/mol. The van der Waals surface area contributed by atoms with Crippen LogP contribution in [0.4, 0.5) is 11.4 Å². The largest absolute Gasteiger partial charge is 0.454 e. The Morgan fingerprint density at radius 2 is 1.78 bits per heavy atom. The third-order valence-corrected chi connectivity index (χ3v) is 3.78. The molecule has 1 aliphatic heterocycles. The van der Waals surface area contributed by atoms with Crippen molar-refractivity contribution < 1.29 is 14.3 Å². The maximum Gasteiger partial charge on any atom is 0.246 e. The van der Waals surface area contributed by atoms with E-state index in [1.807, 2.05) is 19.1 Å². The molecule has 1 unspecified atom stereocenters. The molecular formula is C18H20N2O3. The summed E-state index contributed by atoms with van der Waals surface area (Å²) < 4.78 is 10.6. The van der Waals surface area contributed by atoms with Gasteiger partial charge in [-0.1, -0.05) is 19.1 Å². The molecule has 0 spiro atoms. The molecule has 0 fully saturated rings. The second-order valence-electron chi connectivity index (χ2n) is 5.47. The molecule has 1 atom stereocenters. The Labute approximate surface area is 135 Å². The fourth-order valence-electron chi connectivity index (χ4n) is 2.38. The number of carbonyl (C=O) groups excluding carboxylic acids is 1. The van der Waals surface area contributed by atoms with Gasteiger partial charge in [-0.15, -0.1) is 0 Å². The zero-order chi connectivity index (χ0) is 16.2. The number of nitrogens with one attached hydrogen (secondary N) is 2. The average molecular weight is 312 g/mol. The van der Waals surface area contributed by atoms with E-state index < -0.39 is 0 Å². The van der Waals surface area contributed by atoms with Crippen LogP contribution in [0.2, 0.25) is 0 Å². The lowest BCUT2D eigenvalue weighted by Gasteiger charge is -2.15. The van der Waals surface area contributed by atoms with Crippen molar-refractivity contribution in [1.29, 1.82) is 0 Å². The van der Waals surface area contributed by atoms with Gasteiger partial charge in [0.1, 0.15) is 6.04 Å². The Hall–Kier alpha value is -2.69. The lowest BCUT2D eigenvalue weighted by atomic mass is 10.1. The minimum Gasteiger partial charge on any atom is -0.454 e. The van der Waals surface area contributed by atoms with E-state index in [-0.39, 0.29) is 18.7 Å². The summed E-state index contributed by atoms with van der Waals surface area (Å²) in [7, 11) is 0. The Morgan fingerprint density at radius 3 is 2.52 bits per heavy atom. The van der Waals surface area contributed by atoms with Gasteiger partial charge < -0.3 is 20.1 Å². The molecule has 3 rings (SSSR count). The monoisotopic (exact) mass is 312 g/mol. The van der Waals surface area contributed by atoms with E-state index >= 15 is 0 Å². The van der Waals surface area contributed by atoms with Gasteiger partial charge in [0, 0.05) is 17.4 Å². The summed E-state index contributed by atoms with van der Waals surface area (Å²) >= 11 is 0. The Kier molecular flexibility index (Phi) is 4.37. The fraction of sp³-hybridized carbons (Fsp3) is 0.278. The van der Waals surface area contributed by atoms with E-state index in [0.717, 1.165) is 12.1 Å². The van der Waals surface area contributed by atoms with Crippen molar-refractivity contribution in [3.8, 4) is 11.5 Å². The third-order valence-electron chi connectivity index (χ3n) is 3.78. The number of rotatable bonds is 5. The summed E-state index contributed by atoms with van der Waals surface area (Å²) in [6.45, 7) is 4.17. The van der Waals surface area contributed by atoms with Gasteiger partial charge in [-0.3, -0.25) is 4.79 Å². The highest BCUT2D eigenvalue weighted by molar-refractivity contribution is 5.96. The summed E-state index contributed by atoms with van der Waals surface area (Å²) in [4.78, 5) is 12.3. The molecule has 5 heteroatoms. The number of fused-ring (bicyclic) bond motifs is 1. The predicted octanol–water partition coefficient (Wildman–Crippen LogP) is 3.42. The number of anilines is 2. The lowest BCUT2D eigenvalue weighted by molar-refractivity contribution is -0.116. The zero-order valence-corrected chi connectivity index (χ0v) is 13.3. The van der Waals surface area contributed by atoms with Crippen molar-refractivity contribution in [1.82, 2.24) is 0 Å². The van der Waals surface area contributed by atoms with E-state index in [0.29, 0.717) is 17.2 Å². The first kappa shape index (κ1) is 15.2. The maximum atomic E-state index is 12.3. The van der Waals surface area contributed by atoms with Crippen LogP contribution in [0.3, 0.4) is 0 Å². The van der Waals surface area contributed by atoms with Gasteiger partial charge >= 0.3 is 0 Å². The Bertz CT molecular complexity index is 698. The van der Waals surface area contributed by atoms with Crippen molar-refractivity contribution in [2.45, 2.75) is 26.3 Å². The number of aryl methyl sites for hydroxylation is 1. The summed E-state index contributed by atoms with van der Waals surface area (Å²) in [5, 5.41) is 6.07. The number of carbonyl (C=O) groups is 1. The molecule has 23 heavy (non-hydrogen) atoms. The summed E-state index contributed by atoms with van der Waals surface area (Å²) in [6, 6.07) is 13.1. The molecule has 2 N–H and O–H groups in total. The van der Waals surface area contributed by atoms with Crippen molar-refractivity contribution >= 4 is 17.3 Å². The molecule has 0 bridgehead atoms. The van der Waals surface area contributed by atoms with Crippen molar-refractivity contribution in [3.63, 3.8) is 0 Å². The SMILES string of the molecule is CCc1ccc(NC(C)C(=O)Nc2ccc3c(c2)OCO3)cc1. The second kappa shape index (κ2) is 6.60. The second-order valence-corrected chi connectivity index (χ2v) is 5.47. The van der Waals surface area contributed by atoms with Crippen LogP contribution in [0.25, 0.3) is 0 Å². The Balaban J connectivity index is 1.60. The zero-order valence-electron chi connectivity index (χ0n) is 13.3. The van der Waals surface area contributed by atoms with Gasteiger partial charge in [0.15, 0.2) is 11.5 Å². The van der Waals surface area contributed by atoms with Crippen LogP contribution < -0.4 is 20.1 Å². The molecule has 0 aromatic heterocycles. The lowest BCUT2D eigenvalue weighted by Crippen LogP contribution is -2.31. The van der Waals surface area contributed by atoms with Gasteiger partial charge in [0.25, 0.3) is 0 Å². The van der Waals surface area contributed by atoms with Crippen LogP contribution in [0.15, 0.2) is 42.5 Å². The van der Waals surface area contributed by atoms with Crippen molar-refractivity contribution in [2.24, 2.45) is 0 Å². The number of benzene rings is 2. The molecular weight excluding hydrogens is 292 g/mol. The molecule has 1 aliphatic rings. The summed E-state index contributed by atoms with van der Waals surface area (Å²) in [5.41, 5.74) is 2.89. The molecule has 1 heterocycles. The van der Waals surface area contributed by atoms with E-state index in [1.54, 1.807) is 18.2 Å². The van der Waals surface area contributed by atoms with Gasteiger partial charge in [-0.2, -0.15) is 0 Å². The molecule has 1 amide bonds. The first-order valence-corrected chi connectivity index (χ1v) is 7.71. The number of ether oxygens (including phenoxy) is 2. The molecule has 0 saturated carbocycles. The summed E-state index contributed by atoms with van der Waals surface area (Å²) in [5.74, 6) is 1.24. The van der Waals surface area contributed by atoms with Crippen molar-refractivity contribution in [3.05, 3.63) is 48.0 Å². The van der Waals surface area contributed by atoms with Crippen LogP contribution >= 0.6 is 0 Å². The standard InChI is InChI=1S/C18H20N2O3/c1-3-13-4-6-14(7-5-13)19-12(2)18(21)20-15-8-9-16-17(10-15)23-11-22-16/h4-10,12,19H,3,11H2,1-2H3,(H,20,21). The maximum absolute atomic E-state index is 12.3. The van der Waals surface area contributed by atoms with E-state index in [4.69, 9.17) is 9.47 Å². The molecule has 0 aliphatic carbocycles.